The van der Waals surface area contributed by atoms with Crippen LogP contribution >= 0.6 is 11.3 Å². The topological polar surface area (TPSA) is 68.1 Å². The van der Waals surface area contributed by atoms with Gasteiger partial charge in [-0.2, -0.15) is 0 Å². The van der Waals surface area contributed by atoms with E-state index in [9.17, 15) is 10.1 Å². The SMILES string of the molecule is CNC(C)c1cnc(-c2ccc([N+](=O)[O-])cc2)s1. The second-order valence-corrected chi connectivity index (χ2v) is 4.94. The van der Waals surface area contributed by atoms with Crippen molar-refractivity contribution in [1.29, 1.82) is 0 Å². The van der Waals surface area contributed by atoms with Crippen LogP contribution in [0.5, 0.6) is 0 Å². The molecule has 0 saturated carbocycles. The molecule has 0 aliphatic heterocycles. The zero-order valence-corrected chi connectivity index (χ0v) is 10.9. The van der Waals surface area contributed by atoms with Crippen molar-refractivity contribution in [2.24, 2.45) is 0 Å². The highest BCUT2D eigenvalue weighted by molar-refractivity contribution is 7.15. The fourth-order valence-electron chi connectivity index (χ4n) is 1.49. The van der Waals surface area contributed by atoms with Gasteiger partial charge in [-0.15, -0.1) is 11.3 Å². The Morgan fingerprint density at radius 1 is 1.39 bits per heavy atom. The van der Waals surface area contributed by atoms with E-state index in [1.165, 1.54) is 12.1 Å². The molecular formula is C12H13N3O2S. The summed E-state index contributed by atoms with van der Waals surface area (Å²) in [5, 5.41) is 14.6. The average Bonchev–Trinajstić information content (AvgIpc) is 2.87. The molecule has 18 heavy (non-hydrogen) atoms. The first-order chi connectivity index (χ1) is 8.61. The Bertz CT molecular complexity index is 551. The first kappa shape index (κ1) is 12.7. The Labute approximate surface area is 109 Å². The molecule has 1 heterocycles. The first-order valence-corrected chi connectivity index (χ1v) is 6.31. The third-order valence-electron chi connectivity index (χ3n) is 2.71. The van der Waals surface area contributed by atoms with E-state index < -0.39 is 4.92 Å². The number of nitrogens with one attached hydrogen (secondary N) is 1. The molecule has 0 bridgehead atoms. The van der Waals surface area contributed by atoms with E-state index in [4.69, 9.17) is 0 Å². The molecule has 2 rings (SSSR count). The Balaban J connectivity index is 2.26. The van der Waals surface area contributed by atoms with Crippen molar-refractivity contribution in [1.82, 2.24) is 10.3 Å². The fraction of sp³-hybridized carbons (Fsp3) is 0.250. The van der Waals surface area contributed by atoms with Crippen LogP contribution in [0.2, 0.25) is 0 Å². The van der Waals surface area contributed by atoms with Crippen molar-refractivity contribution in [3.05, 3.63) is 45.5 Å². The highest BCUT2D eigenvalue weighted by Crippen LogP contribution is 2.29. The molecule has 1 unspecified atom stereocenters. The lowest BCUT2D eigenvalue weighted by molar-refractivity contribution is -0.384. The average molecular weight is 263 g/mol. The number of benzene rings is 1. The third-order valence-corrected chi connectivity index (χ3v) is 3.94. The van der Waals surface area contributed by atoms with Crippen LogP contribution in [-0.4, -0.2) is 17.0 Å². The van der Waals surface area contributed by atoms with Gasteiger partial charge in [-0.25, -0.2) is 4.98 Å². The number of nitro groups is 1. The van der Waals surface area contributed by atoms with E-state index >= 15 is 0 Å². The van der Waals surface area contributed by atoms with E-state index in [0.29, 0.717) is 0 Å². The van der Waals surface area contributed by atoms with Gasteiger partial charge in [0.05, 0.1) is 4.92 Å². The molecule has 6 heteroatoms. The van der Waals surface area contributed by atoms with Gasteiger partial charge < -0.3 is 5.32 Å². The van der Waals surface area contributed by atoms with Gasteiger partial charge in [0.1, 0.15) is 5.01 Å². The second-order valence-electron chi connectivity index (χ2n) is 3.88. The van der Waals surface area contributed by atoms with Crippen molar-refractivity contribution in [2.75, 3.05) is 7.05 Å². The summed E-state index contributed by atoms with van der Waals surface area (Å²) in [6.07, 6.45) is 1.84. The van der Waals surface area contributed by atoms with Crippen LogP contribution in [0.4, 0.5) is 5.69 Å². The quantitative estimate of drug-likeness (QED) is 0.680. The van der Waals surface area contributed by atoms with Crippen molar-refractivity contribution in [3.63, 3.8) is 0 Å². The number of hydrogen-bond acceptors (Lipinski definition) is 5. The highest BCUT2D eigenvalue weighted by Gasteiger charge is 2.10. The number of nitrogens with zero attached hydrogens (tertiary/aromatic N) is 2. The highest BCUT2D eigenvalue weighted by atomic mass is 32.1. The molecule has 94 valence electrons. The number of non-ortho nitro benzene ring substituents is 1. The van der Waals surface area contributed by atoms with Crippen LogP contribution in [-0.2, 0) is 0 Å². The Hall–Kier alpha value is -1.79. The van der Waals surface area contributed by atoms with Crippen molar-refractivity contribution in [2.45, 2.75) is 13.0 Å². The standard InChI is InChI=1S/C12H13N3O2S/c1-8(13-2)11-7-14-12(18-11)9-3-5-10(6-4-9)15(16)17/h3-8,13H,1-2H3. The number of nitro benzene ring substituents is 1. The van der Waals surface area contributed by atoms with Crippen LogP contribution < -0.4 is 5.32 Å². The monoisotopic (exact) mass is 263 g/mol. The first-order valence-electron chi connectivity index (χ1n) is 5.49. The molecule has 0 aliphatic carbocycles. The van der Waals surface area contributed by atoms with Gasteiger partial charge >= 0.3 is 0 Å². The molecule has 1 N–H and O–H groups in total. The lowest BCUT2D eigenvalue weighted by Gasteiger charge is -2.04. The van der Waals surface area contributed by atoms with E-state index in [1.54, 1.807) is 23.5 Å². The molecule has 1 aromatic heterocycles. The predicted octanol–water partition coefficient (Wildman–Crippen LogP) is 3.00. The van der Waals surface area contributed by atoms with Gasteiger partial charge in [-0.05, 0) is 26.1 Å². The number of rotatable bonds is 4. The van der Waals surface area contributed by atoms with Gasteiger partial charge in [-0.1, -0.05) is 0 Å². The third kappa shape index (κ3) is 2.55. The van der Waals surface area contributed by atoms with E-state index in [-0.39, 0.29) is 11.7 Å². The zero-order valence-electron chi connectivity index (χ0n) is 10.1. The van der Waals surface area contributed by atoms with Crippen LogP contribution in [0.3, 0.4) is 0 Å². The molecule has 5 nitrogen and oxygen atoms in total. The maximum atomic E-state index is 10.6. The molecule has 0 saturated heterocycles. The Kier molecular flexibility index (Phi) is 3.69. The molecule has 0 radical (unpaired) electrons. The zero-order chi connectivity index (χ0) is 13.1. The molecule has 0 fully saturated rings. The van der Waals surface area contributed by atoms with Crippen molar-refractivity contribution < 1.29 is 4.92 Å². The maximum Gasteiger partial charge on any atom is 0.269 e. The molecule has 1 atom stereocenters. The minimum absolute atomic E-state index is 0.0964. The summed E-state index contributed by atoms with van der Waals surface area (Å²) < 4.78 is 0. The van der Waals surface area contributed by atoms with Crippen LogP contribution in [0.15, 0.2) is 30.5 Å². The minimum Gasteiger partial charge on any atom is -0.312 e. The minimum atomic E-state index is -0.403. The summed E-state index contributed by atoms with van der Waals surface area (Å²) in [6.45, 7) is 2.06. The largest absolute Gasteiger partial charge is 0.312 e. The lowest BCUT2D eigenvalue weighted by Crippen LogP contribution is -2.10. The molecule has 0 aliphatic rings. The van der Waals surface area contributed by atoms with Crippen LogP contribution in [0.1, 0.15) is 17.8 Å². The maximum absolute atomic E-state index is 10.6. The molecule has 0 spiro atoms. The van der Waals surface area contributed by atoms with Gasteiger partial charge in [0.25, 0.3) is 5.69 Å². The smallest absolute Gasteiger partial charge is 0.269 e. The summed E-state index contributed by atoms with van der Waals surface area (Å²) in [4.78, 5) is 15.6. The van der Waals surface area contributed by atoms with Gasteiger partial charge in [0.15, 0.2) is 0 Å². The molecular weight excluding hydrogens is 250 g/mol. The van der Waals surface area contributed by atoms with E-state index in [0.717, 1.165) is 15.4 Å². The molecule has 2 aromatic rings. The Morgan fingerprint density at radius 2 is 2.06 bits per heavy atom. The number of thiazole rings is 1. The molecule has 1 aromatic carbocycles. The summed E-state index contributed by atoms with van der Waals surface area (Å²) in [5.41, 5.74) is 0.999. The lowest BCUT2D eigenvalue weighted by atomic mass is 10.2. The van der Waals surface area contributed by atoms with E-state index in [1.807, 2.05) is 13.2 Å². The predicted molar refractivity (Wildman–Crippen MR) is 71.7 cm³/mol. The van der Waals surface area contributed by atoms with Crippen LogP contribution in [0.25, 0.3) is 10.6 Å². The summed E-state index contributed by atoms with van der Waals surface area (Å²) in [7, 11) is 1.90. The van der Waals surface area contributed by atoms with Crippen molar-refractivity contribution >= 4 is 17.0 Å². The van der Waals surface area contributed by atoms with Gasteiger partial charge in [0, 0.05) is 34.8 Å². The summed E-state index contributed by atoms with van der Waals surface area (Å²) in [5.74, 6) is 0. The molecule has 0 amide bonds. The van der Waals surface area contributed by atoms with Crippen molar-refractivity contribution in [3.8, 4) is 10.6 Å². The second kappa shape index (κ2) is 5.24. The normalized spacial score (nSPS) is 12.3. The van der Waals surface area contributed by atoms with Gasteiger partial charge in [0.2, 0.25) is 0 Å². The fourth-order valence-corrected chi connectivity index (χ4v) is 2.47. The van der Waals surface area contributed by atoms with Crippen LogP contribution in [0, 0.1) is 10.1 Å². The Morgan fingerprint density at radius 3 is 2.61 bits per heavy atom. The van der Waals surface area contributed by atoms with E-state index in [2.05, 4.69) is 17.2 Å². The summed E-state index contributed by atoms with van der Waals surface area (Å²) in [6, 6.07) is 6.71. The summed E-state index contributed by atoms with van der Waals surface area (Å²) >= 11 is 1.59. The van der Waals surface area contributed by atoms with Gasteiger partial charge in [-0.3, -0.25) is 10.1 Å². The number of aromatic nitrogens is 1. The number of hydrogen-bond donors (Lipinski definition) is 1.